The minimum Gasteiger partial charge on any atom is -0.347 e. The number of rotatable bonds is 7. The van der Waals surface area contributed by atoms with E-state index in [2.05, 4.69) is 20.7 Å². The Hall–Kier alpha value is -1.92. The normalized spacial score (nSPS) is 12.2. The molecular formula is C13H23N5O2. The van der Waals surface area contributed by atoms with E-state index < -0.39 is 0 Å². The van der Waals surface area contributed by atoms with Crippen molar-refractivity contribution in [2.45, 2.75) is 46.7 Å². The van der Waals surface area contributed by atoms with Gasteiger partial charge in [-0.1, -0.05) is 20.8 Å². The highest BCUT2D eigenvalue weighted by molar-refractivity contribution is 5.85. The summed E-state index contributed by atoms with van der Waals surface area (Å²) in [5, 5.41) is 9.55. The molecule has 0 bridgehead atoms. The van der Waals surface area contributed by atoms with Crippen molar-refractivity contribution < 1.29 is 9.59 Å². The van der Waals surface area contributed by atoms with E-state index in [-0.39, 0.29) is 30.3 Å². The number of nitrogens with zero attached hydrogens (tertiary/aromatic N) is 3. The van der Waals surface area contributed by atoms with Gasteiger partial charge in [0, 0.05) is 12.5 Å². The maximum absolute atomic E-state index is 11.9. The lowest BCUT2D eigenvalue weighted by Crippen LogP contribution is -2.40. The van der Waals surface area contributed by atoms with Gasteiger partial charge in [-0.3, -0.25) is 9.59 Å². The molecule has 1 heterocycles. The summed E-state index contributed by atoms with van der Waals surface area (Å²) >= 11 is 0. The van der Waals surface area contributed by atoms with Crippen LogP contribution in [0.4, 0.5) is 0 Å². The first kappa shape index (κ1) is 16.1. The third-order valence-corrected chi connectivity index (χ3v) is 2.95. The van der Waals surface area contributed by atoms with Gasteiger partial charge in [0.2, 0.25) is 11.8 Å². The molecule has 2 N–H and O–H groups in total. The number of amides is 2. The van der Waals surface area contributed by atoms with Crippen molar-refractivity contribution in [3.63, 3.8) is 0 Å². The minimum atomic E-state index is -0.225. The van der Waals surface area contributed by atoms with E-state index in [0.29, 0.717) is 13.0 Å². The Kier molecular flexibility index (Phi) is 6.14. The third kappa shape index (κ3) is 4.32. The number of aryl methyl sites for hydroxylation is 1. The molecule has 0 saturated carbocycles. The fraction of sp³-hybridized carbons (Fsp3) is 0.692. The second-order valence-corrected chi connectivity index (χ2v) is 4.83. The quantitative estimate of drug-likeness (QED) is 0.767. The van der Waals surface area contributed by atoms with Gasteiger partial charge in [-0.15, -0.1) is 0 Å². The van der Waals surface area contributed by atoms with Gasteiger partial charge in [0.15, 0.2) is 0 Å². The number of nitrogens with one attached hydrogen (secondary N) is 2. The molecule has 0 aliphatic rings. The van der Waals surface area contributed by atoms with Crippen LogP contribution in [-0.4, -0.2) is 33.1 Å². The minimum absolute atomic E-state index is 0.0201. The van der Waals surface area contributed by atoms with Crippen LogP contribution in [0.2, 0.25) is 0 Å². The lowest BCUT2D eigenvalue weighted by atomic mass is 10.2. The van der Waals surface area contributed by atoms with Crippen LogP contribution in [0.1, 0.15) is 46.0 Å². The van der Waals surface area contributed by atoms with Gasteiger partial charge in [-0.2, -0.15) is 5.10 Å². The Labute approximate surface area is 119 Å². The zero-order chi connectivity index (χ0) is 15.1. The molecule has 0 aromatic carbocycles. The predicted molar refractivity (Wildman–Crippen MR) is 74.7 cm³/mol. The van der Waals surface area contributed by atoms with Crippen LogP contribution < -0.4 is 10.6 Å². The van der Waals surface area contributed by atoms with Crippen LogP contribution in [0.5, 0.6) is 0 Å². The molecule has 2 amide bonds. The molecule has 1 atom stereocenters. The summed E-state index contributed by atoms with van der Waals surface area (Å²) < 4.78 is 1.75. The summed E-state index contributed by atoms with van der Waals surface area (Å²) in [7, 11) is 0. The van der Waals surface area contributed by atoms with Crippen LogP contribution in [0.3, 0.4) is 0 Å². The van der Waals surface area contributed by atoms with Crippen molar-refractivity contribution in [2.75, 3.05) is 6.54 Å². The highest BCUT2D eigenvalue weighted by atomic mass is 16.2. The molecule has 0 aliphatic heterocycles. The molecular weight excluding hydrogens is 258 g/mol. The molecule has 112 valence electrons. The average Bonchev–Trinajstić information content (AvgIpc) is 2.90. The number of hydrogen-bond donors (Lipinski definition) is 2. The van der Waals surface area contributed by atoms with E-state index in [0.717, 1.165) is 5.82 Å². The standard InChI is InChI=1S/C13H23N5O2/c1-5-10(12-15-8-16-18(12)6-2)17-11(19)7-14-13(20)9(3)4/h8-10H,5-7H2,1-4H3,(H,14,20)(H,17,19)/t10-/m0/s1. The van der Waals surface area contributed by atoms with Crippen molar-refractivity contribution in [3.05, 3.63) is 12.2 Å². The largest absolute Gasteiger partial charge is 0.347 e. The molecule has 0 aliphatic carbocycles. The molecule has 7 nitrogen and oxygen atoms in total. The lowest BCUT2D eigenvalue weighted by molar-refractivity contribution is -0.128. The molecule has 0 saturated heterocycles. The first-order valence-corrected chi connectivity index (χ1v) is 6.94. The van der Waals surface area contributed by atoms with E-state index in [9.17, 15) is 9.59 Å². The molecule has 0 unspecified atom stereocenters. The zero-order valence-electron chi connectivity index (χ0n) is 12.5. The first-order chi connectivity index (χ1) is 9.49. The summed E-state index contributed by atoms with van der Waals surface area (Å²) in [6.07, 6.45) is 2.19. The maximum atomic E-state index is 11.9. The van der Waals surface area contributed by atoms with Crippen molar-refractivity contribution >= 4 is 11.8 Å². The van der Waals surface area contributed by atoms with Crippen LogP contribution in [0.25, 0.3) is 0 Å². The fourth-order valence-electron chi connectivity index (χ4n) is 1.75. The lowest BCUT2D eigenvalue weighted by Gasteiger charge is -2.17. The van der Waals surface area contributed by atoms with Crippen molar-refractivity contribution in [1.29, 1.82) is 0 Å². The van der Waals surface area contributed by atoms with E-state index in [1.54, 1.807) is 18.5 Å². The second kappa shape index (κ2) is 7.62. The summed E-state index contributed by atoms with van der Waals surface area (Å²) in [5.41, 5.74) is 0. The van der Waals surface area contributed by atoms with Crippen LogP contribution in [-0.2, 0) is 16.1 Å². The Balaban J connectivity index is 2.56. The van der Waals surface area contributed by atoms with Crippen LogP contribution >= 0.6 is 0 Å². The Bertz CT molecular complexity index is 455. The molecule has 1 rings (SSSR count). The van der Waals surface area contributed by atoms with Gasteiger partial charge < -0.3 is 10.6 Å². The second-order valence-electron chi connectivity index (χ2n) is 4.83. The van der Waals surface area contributed by atoms with E-state index in [1.807, 2.05) is 13.8 Å². The monoisotopic (exact) mass is 281 g/mol. The van der Waals surface area contributed by atoms with Gasteiger partial charge in [-0.05, 0) is 13.3 Å². The highest BCUT2D eigenvalue weighted by Crippen LogP contribution is 2.13. The number of aromatic nitrogens is 3. The summed E-state index contributed by atoms with van der Waals surface area (Å²) in [6.45, 7) is 8.18. The Morgan fingerprint density at radius 1 is 1.35 bits per heavy atom. The summed E-state index contributed by atoms with van der Waals surface area (Å²) in [5.74, 6) is 0.243. The first-order valence-electron chi connectivity index (χ1n) is 6.94. The van der Waals surface area contributed by atoms with E-state index in [1.165, 1.54) is 6.33 Å². The highest BCUT2D eigenvalue weighted by Gasteiger charge is 2.18. The average molecular weight is 281 g/mol. The number of carbonyl (C=O) groups is 2. The molecule has 0 fully saturated rings. The van der Waals surface area contributed by atoms with Gasteiger partial charge in [0.25, 0.3) is 0 Å². The maximum Gasteiger partial charge on any atom is 0.239 e. The molecule has 1 aromatic heterocycles. The van der Waals surface area contributed by atoms with Gasteiger partial charge in [0.05, 0.1) is 12.6 Å². The number of carbonyl (C=O) groups excluding carboxylic acids is 2. The van der Waals surface area contributed by atoms with E-state index in [4.69, 9.17) is 0 Å². The topological polar surface area (TPSA) is 88.9 Å². The molecule has 0 radical (unpaired) electrons. The van der Waals surface area contributed by atoms with Gasteiger partial charge >= 0.3 is 0 Å². The summed E-state index contributed by atoms with van der Waals surface area (Å²) in [6, 6.07) is -0.194. The van der Waals surface area contributed by atoms with Crippen molar-refractivity contribution in [2.24, 2.45) is 5.92 Å². The summed E-state index contributed by atoms with van der Waals surface area (Å²) in [4.78, 5) is 27.4. The predicted octanol–water partition coefficient (Wildman–Crippen LogP) is 0.637. The van der Waals surface area contributed by atoms with Crippen LogP contribution in [0.15, 0.2) is 6.33 Å². The molecule has 7 heteroatoms. The fourth-order valence-corrected chi connectivity index (χ4v) is 1.75. The molecule has 0 spiro atoms. The van der Waals surface area contributed by atoms with Crippen molar-refractivity contribution in [1.82, 2.24) is 25.4 Å². The Morgan fingerprint density at radius 3 is 2.60 bits per heavy atom. The number of hydrogen-bond acceptors (Lipinski definition) is 4. The zero-order valence-corrected chi connectivity index (χ0v) is 12.5. The van der Waals surface area contributed by atoms with Gasteiger partial charge in [-0.25, -0.2) is 9.67 Å². The Morgan fingerprint density at radius 2 is 2.05 bits per heavy atom. The van der Waals surface area contributed by atoms with E-state index >= 15 is 0 Å². The smallest absolute Gasteiger partial charge is 0.239 e. The third-order valence-electron chi connectivity index (χ3n) is 2.95. The van der Waals surface area contributed by atoms with Gasteiger partial charge in [0.1, 0.15) is 12.2 Å². The molecule has 20 heavy (non-hydrogen) atoms. The van der Waals surface area contributed by atoms with Crippen LogP contribution in [0, 0.1) is 5.92 Å². The SMILES string of the molecule is CC[C@H](NC(=O)CNC(=O)C(C)C)c1ncnn1CC. The molecule has 1 aromatic rings. The van der Waals surface area contributed by atoms with Crippen molar-refractivity contribution in [3.8, 4) is 0 Å².